The van der Waals surface area contributed by atoms with Crippen molar-refractivity contribution in [1.29, 1.82) is 0 Å². The lowest BCUT2D eigenvalue weighted by Crippen LogP contribution is -2.29. The van der Waals surface area contributed by atoms with Gasteiger partial charge in [0.05, 0.1) is 16.7 Å². The first-order chi connectivity index (χ1) is 13.1. The van der Waals surface area contributed by atoms with E-state index in [0.29, 0.717) is 34.5 Å². The Morgan fingerprint density at radius 3 is 2.93 bits per heavy atom. The van der Waals surface area contributed by atoms with Crippen molar-refractivity contribution >= 4 is 29.5 Å². The zero-order valence-corrected chi connectivity index (χ0v) is 16.6. The molecule has 3 rings (SSSR count). The quantitative estimate of drug-likeness (QED) is 0.306. The summed E-state index contributed by atoms with van der Waals surface area (Å²) in [4.78, 5) is 15.7. The molecule has 1 aromatic heterocycles. The molecule has 1 atom stereocenters. The molecule has 0 amide bonds. The highest BCUT2D eigenvalue weighted by molar-refractivity contribution is 6.33. The summed E-state index contributed by atoms with van der Waals surface area (Å²) < 4.78 is 11.3. The molecule has 144 valence electrons. The third kappa shape index (κ3) is 5.20. The maximum absolute atomic E-state index is 11.6. The number of nitrogens with one attached hydrogen (secondary N) is 1. The van der Waals surface area contributed by atoms with Gasteiger partial charge in [0.15, 0.2) is 12.0 Å². The second-order valence-corrected chi connectivity index (χ2v) is 7.32. The van der Waals surface area contributed by atoms with Gasteiger partial charge in [-0.2, -0.15) is 0 Å². The van der Waals surface area contributed by atoms with Crippen LogP contribution in [0.4, 0.5) is 0 Å². The van der Waals surface area contributed by atoms with Crippen LogP contribution in [0.3, 0.4) is 0 Å². The fourth-order valence-electron chi connectivity index (χ4n) is 3.10. The van der Waals surface area contributed by atoms with Crippen LogP contribution in [0.25, 0.3) is 0 Å². The summed E-state index contributed by atoms with van der Waals surface area (Å²) in [6.07, 6.45) is 5.47. The molecular weight excluding hydrogens is 387 g/mol. The Morgan fingerprint density at radius 1 is 1.41 bits per heavy atom. The maximum atomic E-state index is 11.6. The van der Waals surface area contributed by atoms with E-state index in [9.17, 15) is 4.79 Å². The second kappa shape index (κ2) is 9.51. The summed E-state index contributed by atoms with van der Waals surface area (Å²) in [5.74, 6) is 0.405. The molecule has 1 aliphatic heterocycles. The molecule has 2 aromatic rings. The third-order valence-corrected chi connectivity index (χ3v) is 5.31. The van der Waals surface area contributed by atoms with Crippen LogP contribution in [-0.4, -0.2) is 37.3 Å². The van der Waals surface area contributed by atoms with E-state index in [1.807, 2.05) is 19.1 Å². The van der Waals surface area contributed by atoms with E-state index in [-0.39, 0.29) is 12.8 Å². The van der Waals surface area contributed by atoms with E-state index in [0.717, 1.165) is 42.4 Å². The number of nitrogens with zero attached hydrogens (tertiary/aromatic N) is 1. The van der Waals surface area contributed by atoms with Crippen molar-refractivity contribution < 1.29 is 14.3 Å². The molecule has 1 saturated heterocycles. The van der Waals surface area contributed by atoms with Crippen LogP contribution < -0.4 is 10.1 Å². The number of aldehydes is 1. The highest BCUT2D eigenvalue weighted by Gasteiger charge is 2.17. The Kier molecular flexibility index (Phi) is 7.07. The molecule has 1 aliphatic rings. The van der Waals surface area contributed by atoms with Crippen LogP contribution in [0.1, 0.15) is 39.9 Å². The number of pyridine rings is 1. The predicted molar refractivity (Wildman–Crippen MR) is 106 cm³/mol. The van der Waals surface area contributed by atoms with Crippen molar-refractivity contribution in [3.05, 3.63) is 56.8 Å². The molecule has 0 spiro atoms. The van der Waals surface area contributed by atoms with E-state index in [1.54, 1.807) is 12.3 Å². The number of hydrogen-bond donors (Lipinski definition) is 1. The monoisotopic (exact) mass is 408 g/mol. The van der Waals surface area contributed by atoms with Gasteiger partial charge in [-0.25, -0.2) is 4.98 Å². The van der Waals surface area contributed by atoms with Gasteiger partial charge in [0.1, 0.15) is 11.9 Å². The summed E-state index contributed by atoms with van der Waals surface area (Å²) in [5.41, 5.74) is 3.25. The van der Waals surface area contributed by atoms with Gasteiger partial charge in [0, 0.05) is 19.3 Å². The summed E-state index contributed by atoms with van der Waals surface area (Å²) in [6, 6.07) is 5.46. The Hall–Kier alpha value is -1.66. The molecule has 0 radical (unpaired) electrons. The SMILES string of the molecule is Cc1c(Cc2ccc(Cl)nc2)cc(C=O)c(OCNCC2CCCO2)c1Cl. The number of ether oxygens (including phenoxy) is 2. The van der Waals surface area contributed by atoms with E-state index >= 15 is 0 Å². The minimum absolute atomic E-state index is 0.228. The molecule has 1 N–H and O–H groups in total. The fourth-order valence-corrected chi connectivity index (χ4v) is 3.49. The van der Waals surface area contributed by atoms with Crippen molar-refractivity contribution in [1.82, 2.24) is 10.3 Å². The lowest BCUT2D eigenvalue weighted by Gasteiger charge is -2.17. The number of carbonyl (C=O) groups is 1. The molecule has 5 nitrogen and oxygen atoms in total. The summed E-state index contributed by atoms with van der Waals surface area (Å²) in [5, 5.41) is 4.09. The Bertz CT molecular complexity index is 791. The number of carbonyl (C=O) groups excluding carboxylic acids is 1. The largest absolute Gasteiger partial charge is 0.476 e. The Morgan fingerprint density at radius 2 is 2.26 bits per heavy atom. The minimum Gasteiger partial charge on any atom is -0.476 e. The normalized spacial score (nSPS) is 16.5. The smallest absolute Gasteiger partial charge is 0.153 e. The zero-order valence-electron chi connectivity index (χ0n) is 15.1. The van der Waals surface area contributed by atoms with E-state index in [2.05, 4.69) is 10.3 Å². The van der Waals surface area contributed by atoms with Gasteiger partial charge < -0.3 is 9.47 Å². The molecule has 1 aromatic carbocycles. The van der Waals surface area contributed by atoms with Crippen LogP contribution >= 0.6 is 23.2 Å². The van der Waals surface area contributed by atoms with Crippen LogP contribution in [0.15, 0.2) is 24.4 Å². The Labute approximate surface area is 169 Å². The van der Waals surface area contributed by atoms with Crippen LogP contribution in [0, 0.1) is 6.92 Å². The van der Waals surface area contributed by atoms with Gasteiger partial charge in [-0.1, -0.05) is 29.3 Å². The fraction of sp³-hybridized carbons (Fsp3) is 0.400. The first-order valence-electron chi connectivity index (χ1n) is 8.91. The molecule has 0 bridgehead atoms. The summed E-state index contributed by atoms with van der Waals surface area (Å²) in [7, 11) is 0. The van der Waals surface area contributed by atoms with Crippen molar-refractivity contribution in [3.63, 3.8) is 0 Å². The first kappa shape index (κ1) is 20.1. The molecule has 1 fully saturated rings. The van der Waals surface area contributed by atoms with Gasteiger partial charge in [0.2, 0.25) is 0 Å². The molecule has 0 aliphatic carbocycles. The standard InChI is InChI=1S/C20H22Cl2N2O3/c1-13-15(7-14-4-5-18(21)24-9-14)8-16(11-25)20(19(13)22)27-12-23-10-17-3-2-6-26-17/h4-5,8-9,11,17,23H,2-3,6-7,10,12H2,1H3. The van der Waals surface area contributed by atoms with Gasteiger partial charge in [-0.3, -0.25) is 10.1 Å². The number of halogens is 2. The van der Waals surface area contributed by atoms with E-state index < -0.39 is 0 Å². The van der Waals surface area contributed by atoms with E-state index in [1.165, 1.54) is 0 Å². The molecular formula is C20H22Cl2N2O3. The molecule has 0 saturated carbocycles. The van der Waals surface area contributed by atoms with Crippen LogP contribution in [-0.2, 0) is 11.2 Å². The average molecular weight is 409 g/mol. The number of benzene rings is 1. The summed E-state index contributed by atoms with van der Waals surface area (Å²) in [6.45, 7) is 3.72. The van der Waals surface area contributed by atoms with Crippen molar-refractivity contribution in [2.75, 3.05) is 19.9 Å². The van der Waals surface area contributed by atoms with Gasteiger partial charge in [0.25, 0.3) is 0 Å². The van der Waals surface area contributed by atoms with Crippen molar-refractivity contribution in [2.24, 2.45) is 0 Å². The predicted octanol–water partition coefficient (Wildman–Crippen LogP) is 4.21. The molecule has 7 heteroatoms. The zero-order chi connectivity index (χ0) is 19.2. The van der Waals surface area contributed by atoms with Crippen molar-refractivity contribution in [3.8, 4) is 5.75 Å². The lowest BCUT2D eigenvalue weighted by atomic mass is 9.98. The van der Waals surface area contributed by atoms with Gasteiger partial charge >= 0.3 is 0 Å². The Balaban J connectivity index is 1.69. The summed E-state index contributed by atoms with van der Waals surface area (Å²) >= 11 is 12.3. The number of aromatic nitrogens is 1. The highest BCUT2D eigenvalue weighted by atomic mass is 35.5. The maximum Gasteiger partial charge on any atom is 0.153 e. The first-order valence-corrected chi connectivity index (χ1v) is 9.66. The highest BCUT2D eigenvalue weighted by Crippen LogP contribution is 2.34. The lowest BCUT2D eigenvalue weighted by molar-refractivity contribution is 0.103. The minimum atomic E-state index is 0.228. The van der Waals surface area contributed by atoms with Crippen molar-refractivity contribution in [2.45, 2.75) is 32.3 Å². The topological polar surface area (TPSA) is 60.5 Å². The molecule has 1 unspecified atom stereocenters. The van der Waals surface area contributed by atoms with Gasteiger partial charge in [-0.05, 0) is 55.0 Å². The molecule has 2 heterocycles. The van der Waals surface area contributed by atoms with E-state index in [4.69, 9.17) is 32.7 Å². The van der Waals surface area contributed by atoms with Crippen LogP contribution in [0.5, 0.6) is 5.75 Å². The van der Waals surface area contributed by atoms with Gasteiger partial charge in [-0.15, -0.1) is 0 Å². The number of rotatable bonds is 8. The number of hydrogen-bond acceptors (Lipinski definition) is 5. The third-order valence-electron chi connectivity index (χ3n) is 4.63. The van der Waals surface area contributed by atoms with Crippen LogP contribution in [0.2, 0.25) is 10.2 Å². The second-order valence-electron chi connectivity index (χ2n) is 6.55. The molecule has 27 heavy (non-hydrogen) atoms. The average Bonchev–Trinajstić information content (AvgIpc) is 3.19.